The summed E-state index contributed by atoms with van der Waals surface area (Å²) in [6.07, 6.45) is 3.40. The van der Waals surface area contributed by atoms with Crippen molar-refractivity contribution in [1.29, 1.82) is 0 Å². The van der Waals surface area contributed by atoms with Crippen molar-refractivity contribution in [2.24, 2.45) is 0 Å². The first kappa shape index (κ1) is 16.1. The minimum atomic E-state index is -0.840. The monoisotopic (exact) mass is 262 g/mol. The summed E-state index contributed by atoms with van der Waals surface area (Å²) in [5, 5.41) is 14.1. The molecule has 0 aromatic carbocycles. The van der Waals surface area contributed by atoms with E-state index in [0.29, 0.717) is 6.42 Å². The number of hydrogen-bond acceptors (Lipinski definition) is 3. The second-order valence-corrected chi connectivity index (χ2v) is 4.92. The Morgan fingerprint density at radius 3 is 2.47 bits per heavy atom. The van der Waals surface area contributed by atoms with Gasteiger partial charge in [-0.3, -0.25) is 4.79 Å². The number of thioether (sulfide) groups is 1. The van der Waals surface area contributed by atoms with Gasteiger partial charge in [0.1, 0.15) is 0 Å². The van der Waals surface area contributed by atoms with Gasteiger partial charge in [-0.15, -0.1) is 0 Å². The van der Waals surface area contributed by atoms with Crippen molar-refractivity contribution in [3.8, 4) is 0 Å². The molecule has 2 unspecified atom stereocenters. The number of carbonyl (C=O) groups is 2. The first-order chi connectivity index (χ1) is 7.99. The highest BCUT2D eigenvalue weighted by Crippen LogP contribution is 2.01. The van der Waals surface area contributed by atoms with Crippen molar-refractivity contribution in [1.82, 2.24) is 10.6 Å². The van der Waals surface area contributed by atoms with Gasteiger partial charge in [-0.1, -0.05) is 6.92 Å². The highest BCUT2D eigenvalue weighted by Gasteiger charge is 2.12. The maximum atomic E-state index is 11.6. The van der Waals surface area contributed by atoms with Crippen LogP contribution in [0, 0.1) is 0 Å². The van der Waals surface area contributed by atoms with Crippen LogP contribution >= 0.6 is 11.8 Å². The van der Waals surface area contributed by atoms with Gasteiger partial charge in [0.2, 0.25) is 0 Å². The van der Waals surface area contributed by atoms with Gasteiger partial charge in [0, 0.05) is 24.3 Å². The third kappa shape index (κ3) is 8.85. The molecule has 0 aromatic rings. The summed E-state index contributed by atoms with van der Waals surface area (Å²) in [7, 11) is 0. The molecule has 0 fully saturated rings. The number of amides is 2. The molecule has 5 nitrogen and oxygen atoms in total. The molecule has 17 heavy (non-hydrogen) atoms. The molecule has 0 aliphatic heterocycles. The predicted molar refractivity (Wildman–Crippen MR) is 70.5 cm³/mol. The average Bonchev–Trinajstić information content (AvgIpc) is 2.25. The minimum absolute atomic E-state index is 0.0729. The molecule has 2 atom stereocenters. The molecule has 0 aromatic heterocycles. The molecular weight excluding hydrogens is 240 g/mol. The molecule has 100 valence electrons. The van der Waals surface area contributed by atoms with Gasteiger partial charge in [0.05, 0.1) is 0 Å². The summed E-state index contributed by atoms with van der Waals surface area (Å²) < 4.78 is 0. The Morgan fingerprint density at radius 2 is 2.00 bits per heavy atom. The standard InChI is InChI=1S/C11H22N2O3S/c1-4-9(7-17-3)13-11(16)12-8(2)5-6-10(14)15/h8-9H,4-7H2,1-3H3,(H,14,15)(H2,12,13,16). The highest BCUT2D eigenvalue weighted by molar-refractivity contribution is 7.98. The van der Waals surface area contributed by atoms with E-state index in [-0.39, 0.29) is 24.5 Å². The van der Waals surface area contributed by atoms with Gasteiger partial charge < -0.3 is 15.7 Å². The number of aliphatic carboxylic acids is 1. The molecule has 3 N–H and O–H groups in total. The summed E-state index contributed by atoms with van der Waals surface area (Å²) in [6.45, 7) is 3.83. The third-order valence-electron chi connectivity index (χ3n) is 2.36. The number of carbonyl (C=O) groups excluding carboxylic acids is 1. The first-order valence-corrected chi connectivity index (χ1v) is 7.16. The Hall–Kier alpha value is -0.910. The second kappa shape index (κ2) is 9.15. The molecule has 0 bridgehead atoms. The van der Waals surface area contributed by atoms with Crippen molar-refractivity contribution in [3.05, 3.63) is 0 Å². The summed E-state index contributed by atoms with van der Waals surface area (Å²) in [5.74, 6) is 0.0424. The molecular formula is C11H22N2O3S. The lowest BCUT2D eigenvalue weighted by atomic mass is 10.2. The molecule has 0 saturated heterocycles. The zero-order valence-corrected chi connectivity index (χ0v) is 11.5. The number of carboxylic acids is 1. The Morgan fingerprint density at radius 1 is 1.35 bits per heavy atom. The van der Waals surface area contributed by atoms with Crippen LogP contribution in [-0.4, -0.2) is 41.2 Å². The fourth-order valence-electron chi connectivity index (χ4n) is 1.33. The van der Waals surface area contributed by atoms with E-state index in [1.165, 1.54) is 0 Å². The van der Waals surface area contributed by atoms with Gasteiger partial charge in [-0.25, -0.2) is 4.79 Å². The predicted octanol–water partition coefficient (Wildman–Crippen LogP) is 1.68. The summed E-state index contributed by atoms with van der Waals surface area (Å²) >= 11 is 1.69. The van der Waals surface area contributed by atoms with Crippen LogP contribution in [0.25, 0.3) is 0 Å². The maximum absolute atomic E-state index is 11.6. The molecule has 2 amide bonds. The molecule has 0 rings (SSSR count). The van der Waals surface area contributed by atoms with E-state index in [1.54, 1.807) is 18.7 Å². The first-order valence-electron chi connectivity index (χ1n) is 5.77. The van der Waals surface area contributed by atoms with Crippen LogP contribution in [0.5, 0.6) is 0 Å². The molecule has 0 spiro atoms. The van der Waals surface area contributed by atoms with Gasteiger partial charge in [0.25, 0.3) is 0 Å². The summed E-state index contributed by atoms with van der Waals surface area (Å²) in [5.41, 5.74) is 0. The molecule has 6 heteroatoms. The lowest BCUT2D eigenvalue weighted by molar-refractivity contribution is -0.137. The molecule has 0 saturated carbocycles. The Labute approximate surface area is 107 Å². The Kier molecular flexibility index (Phi) is 8.66. The molecule has 0 radical (unpaired) electrons. The van der Waals surface area contributed by atoms with E-state index in [1.807, 2.05) is 13.2 Å². The zero-order chi connectivity index (χ0) is 13.3. The molecule has 0 heterocycles. The topological polar surface area (TPSA) is 78.4 Å². The van der Waals surface area contributed by atoms with E-state index in [9.17, 15) is 9.59 Å². The van der Waals surface area contributed by atoms with E-state index < -0.39 is 5.97 Å². The van der Waals surface area contributed by atoms with E-state index in [4.69, 9.17) is 5.11 Å². The van der Waals surface area contributed by atoms with Gasteiger partial charge in [0.15, 0.2) is 0 Å². The molecule has 0 aliphatic carbocycles. The van der Waals surface area contributed by atoms with Crippen LogP contribution in [-0.2, 0) is 4.79 Å². The molecule has 0 aliphatic rings. The highest BCUT2D eigenvalue weighted by atomic mass is 32.2. The fourth-order valence-corrected chi connectivity index (χ4v) is 2.05. The number of hydrogen-bond donors (Lipinski definition) is 3. The fraction of sp³-hybridized carbons (Fsp3) is 0.818. The quantitative estimate of drug-likeness (QED) is 0.622. The van der Waals surface area contributed by atoms with Crippen molar-refractivity contribution in [2.45, 2.75) is 45.2 Å². The second-order valence-electron chi connectivity index (χ2n) is 4.01. The third-order valence-corrected chi connectivity index (χ3v) is 3.10. The summed E-state index contributed by atoms with van der Waals surface area (Å²) in [4.78, 5) is 21.9. The summed E-state index contributed by atoms with van der Waals surface area (Å²) in [6, 6.07) is -0.182. The van der Waals surface area contributed by atoms with Crippen LogP contribution < -0.4 is 10.6 Å². The van der Waals surface area contributed by atoms with Crippen LogP contribution in [0.3, 0.4) is 0 Å². The average molecular weight is 262 g/mol. The number of rotatable bonds is 8. The van der Waals surface area contributed by atoms with Crippen molar-refractivity contribution < 1.29 is 14.7 Å². The van der Waals surface area contributed by atoms with E-state index in [0.717, 1.165) is 12.2 Å². The van der Waals surface area contributed by atoms with Crippen LogP contribution in [0.15, 0.2) is 0 Å². The van der Waals surface area contributed by atoms with E-state index >= 15 is 0 Å². The Balaban J connectivity index is 3.86. The van der Waals surface area contributed by atoms with Gasteiger partial charge >= 0.3 is 12.0 Å². The lowest BCUT2D eigenvalue weighted by Crippen LogP contribution is -2.46. The van der Waals surface area contributed by atoms with Crippen LogP contribution in [0.1, 0.15) is 33.1 Å². The number of nitrogens with one attached hydrogen (secondary N) is 2. The van der Waals surface area contributed by atoms with Crippen molar-refractivity contribution >= 4 is 23.8 Å². The normalized spacial score (nSPS) is 13.8. The van der Waals surface area contributed by atoms with E-state index in [2.05, 4.69) is 10.6 Å². The van der Waals surface area contributed by atoms with Crippen LogP contribution in [0.2, 0.25) is 0 Å². The largest absolute Gasteiger partial charge is 0.481 e. The van der Waals surface area contributed by atoms with Crippen molar-refractivity contribution in [3.63, 3.8) is 0 Å². The lowest BCUT2D eigenvalue weighted by Gasteiger charge is -2.19. The van der Waals surface area contributed by atoms with Gasteiger partial charge in [-0.05, 0) is 26.0 Å². The minimum Gasteiger partial charge on any atom is -0.481 e. The number of carboxylic acid groups (broad SMARTS) is 1. The zero-order valence-electron chi connectivity index (χ0n) is 10.7. The Bertz CT molecular complexity index is 249. The SMILES string of the molecule is CCC(CSC)NC(=O)NC(C)CCC(=O)O. The van der Waals surface area contributed by atoms with Crippen LogP contribution in [0.4, 0.5) is 4.79 Å². The van der Waals surface area contributed by atoms with Crippen molar-refractivity contribution in [2.75, 3.05) is 12.0 Å². The van der Waals surface area contributed by atoms with Gasteiger partial charge in [-0.2, -0.15) is 11.8 Å². The smallest absolute Gasteiger partial charge is 0.315 e. The number of urea groups is 1. The maximum Gasteiger partial charge on any atom is 0.315 e.